The molecule has 1 unspecified atom stereocenters. The number of nitrogens with zero attached hydrogens (tertiary/aromatic N) is 1. The Kier molecular flexibility index (Phi) is 6.12. The summed E-state index contributed by atoms with van der Waals surface area (Å²) < 4.78 is 39.7. The van der Waals surface area contributed by atoms with Gasteiger partial charge in [0.05, 0.1) is 11.3 Å². The molecule has 2 aromatic rings. The van der Waals surface area contributed by atoms with Crippen LogP contribution in [0.25, 0.3) is 0 Å². The SMILES string of the molecule is CNC(=S)NC(=O)C(c1cccc(Br)c1)c1cc(C(F)(F)F)ccn1. The van der Waals surface area contributed by atoms with Gasteiger partial charge in [0.2, 0.25) is 5.91 Å². The molecule has 1 heterocycles. The molecule has 0 aliphatic rings. The average Bonchev–Trinajstić information content (AvgIpc) is 2.54. The number of carbonyl (C=O) groups is 1. The molecule has 132 valence electrons. The Bertz CT molecular complexity index is 798. The van der Waals surface area contributed by atoms with Crippen molar-refractivity contribution in [2.24, 2.45) is 0 Å². The molecule has 2 N–H and O–H groups in total. The number of amides is 1. The summed E-state index contributed by atoms with van der Waals surface area (Å²) in [4.78, 5) is 16.6. The van der Waals surface area contributed by atoms with Gasteiger partial charge in [0.1, 0.15) is 5.92 Å². The van der Waals surface area contributed by atoms with Crippen molar-refractivity contribution in [3.05, 3.63) is 63.9 Å². The monoisotopic (exact) mass is 431 g/mol. The van der Waals surface area contributed by atoms with Crippen molar-refractivity contribution in [1.29, 1.82) is 0 Å². The van der Waals surface area contributed by atoms with Gasteiger partial charge < -0.3 is 10.6 Å². The number of hydrogen-bond donors (Lipinski definition) is 2. The first-order valence-corrected chi connectivity index (χ1v) is 8.23. The van der Waals surface area contributed by atoms with Crippen molar-refractivity contribution in [2.75, 3.05) is 7.05 Å². The lowest BCUT2D eigenvalue weighted by Gasteiger charge is -2.18. The van der Waals surface area contributed by atoms with E-state index in [1.54, 1.807) is 24.3 Å². The Hall–Kier alpha value is -2.00. The van der Waals surface area contributed by atoms with Crippen LogP contribution in [0.4, 0.5) is 13.2 Å². The molecule has 0 saturated heterocycles. The van der Waals surface area contributed by atoms with E-state index >= 15 is 0 Å². The first-order valence-electron chi connectivity index (χ1n) is 7.03. The van der Waals surface area contributed by atoms with Crippen LogP contribution in [0.15, 0.2) is 47.1 Å². The minimum atomic E-state index is -4.53. The first kappa shape index (κ1) is 19.3. The molecular formula is C16H13BrF3N3OS. The first-order chi connectivity index (χ1) is 11.7. The molecule has 0 aliphatic carbocycles. The fraction of sp³-hybridized carbons (Fsp3) is 0.188. The van der Waals surface area contributed by atoms with E-state index in [9.17, 15) is 18.0 Å². The molecule has 0 spiro atoms. The van der Waals surface area contributed by atoms with Crippen LogP contribution in [0, 0.1) is 0 Å². The molecule has 9 heteroatoms. The third-order valence-electron chi connectivity index (χ3n) is 3.31. The zero-order valence-corrected chi connectivity index (χ0v) is 15.3. The Morgan fingerprint density at radius 2 is 2.00 bits per heavy atom. The second-order valence-corrected chi connectivity index (χ2v) is 6.35. The van der Waals surface area contributed by atoms with E-state index in [0.29, 0.717) is 10.0 Å². The number of thiocarbonyl (C=S) groups is 1. The molecule has 0 bridgehead atoms. The fourth-order valence-electron chi connectivity index (χ4n) is 2.17. The van der Waals surface area contributed by atoms with E-state index in [4.69, 9.17) is 12.2 Å². The van der Waals surface area contributed by atoms with Crippen molar-refractivity contribution in [3.63, 3.8) is 0 Å². The largest absolute Gasteiger partial charge is 0.416 e. The normalized spacial score (nSPS) is 12.4. The minimum Gasteiger partial charge on any atom is -0.365 e. The number of benzene rings is 1. The van der Waals surface area contributed by atoms with Gasteiger partial charge in [-0.2, -0.15) is 13.2 Å². The summed E-state index contributed by atoms with van der Waals surface area (Å²) in [6.07, 6.45) is -3.50. The molecule has 1 aromatic carbocycles. The van der Waals surface area contributed by atoms with Gasteiger partial charge in [-0.05, 0) is 42.0 Å². The lowest BCUT2D eigenvalue weighted by Crippen LogP contribution is -2.40. The Labute approximate surface area is 156 Å². The smallest absolute Gasteiger partial charge is 0.365 e. The van der Waals surface area contributed by atoms with E-state index in [2.05, 4.69) is 31.5 Å². The van der Waals surface area contributed by atoms with Gasteiger partial charge in [-0.15, -0.1) is 0 Å². The molecular weight excluding hydrogens is 419 g/mol. The quantitative estimate of drug-likeness (QED) is 0.728. The lowest BCUT2D eigenvalue weighted by atomic mass is 9.93. The molecule has 1 atom stereocenters. The van der Waals surface area contributed by atoms with Crippen LogP contribution < -0.4 is 10.6 Å². The number of pyridine rings is 1. The number of rotatable bonds is 3. The second kappa shape index (κ2) is 7.92. The van der Waals surface area contributed by atoms with Crippen molar-refractivity contribution < 1.29 is 18.0 Å². The molecule has 4 nitrogen and oxygen atoms in total. The Morgan fingerprint density at radius 1 is 1.28 bits per heavy atom. The standard InChI is InChI=1S/C16H13BrF3N3OS/c1-21-15(25)23-14(24)13(9-3-2-4-11(17)7-9)12-8-10(5-6-22-12)16(18,19)20/h2-8,13H,1H3,(H2,21,23,24,25). The summed E-state index contributed by atoms with van der Waals surface area (Å²) in [5.74, 6) is -1.63. The van der Waals surface area contributed by atoms with Gasteiger partial charge >= 0.3 is 6.18 Å². The van der Waals surface area contributed by atoms with Gasteiger partial charge in [-0.1, -0.05) is 28.1 Å². The predicted molar refractivity (Wildman–Crippen MR) is 95.0 cm³/mol. The van der Waals surface area contributed by atoms with Crippen LogP contribution in [-0.4, -0.2) is 23.1 Å². The summed E-state index contributed by atoms with van der Waals surface area (Å²) in [6.45, 7) is 0. The summed E-state index contributed by atoms with van der Waals surface area (Å²) in [5, 5.41) is 5.11. The Balaban J connectivity index is 2.52. The number of alkyl halides is 3. The molecule has 0 radical (unpaired) electrons. The van der Waals surface area contributed by atoms with E-state index in [-0.39, 0.29) is 10.8 Å². The highest BCUT2D eigenvalue weighted by Crippen LogP contribution is 2.32. The summed E-state index contributed by atoms with van der Waals surface area (Å²) >= 11 is 8.20. The second-order valence-electron chi connectivity index (χ2n) is 5.02. The molecule has 0 saturated carbocycles. The summed E-state index contributed by atoms with van der Waals surface area (Å²) in [6, 6.07) is 8.44. The topological polar surface area (TPSA) is 54.0 Å². The van der Waals surface area contributed by atoms with Crippen molar-refractivity contribution in [2.45, 2.75) is 12.1 Å². The predicted octanol–water partition coefficient (Wildman–Crippen LogP) is 3.62. The summed E-state index contributed by atoms with van der Waals surface area (Å²) in [5.41, 5.74) is -0.413. The van der Waals surface area contributed by atoms with Crippen LogP contribution in [0.3, 0.4) is 0 Å². The maximum absolute atomic E-state index is 13.0. The molecule has 0 aliphatic heterocycles. The zero-order valence-electron chi connectivity index (χ0n) is 12.9. The maximum atomic E-state index is 13.0. The maximum Gasteiger partial charge on any atom is 0.416 e. The van der Waals surface area contributed by atoms with Crippen molar-refractivity contribution >= 4 is 39.2 Å². The lowest BCUT2D eigenvalue weighted by molar-refractivity contribution is -0.137. The van der Waals surface area contributed by atoms with Crippen LogP contribution in [0.1, 0.15) is 22.7 Å². The van der Waals surface area contributed by atoms with E-state index in [1.807, 2.05) is 0 Å². The minimum absolute atomic E-state index is 0.0238. The third kappa shape index (κ3) is 4.99. The number of halogens is 4. The highest BCUT2D eigenvalue weighted by atomic mass is 79.9. The number of hydrogen-bond acceptors (Lipinski definition) is 3. The molecule has 1 aromatic heterocycles. The molecule has 1 amide bonds. The molecule has 0 fully saturated rings. The highest BCUT2D eigenvalue weighted by Gasteiger charge is 2.33. The van der Waals surface area contributed by atoms with Gasteiger partial charge in [-0.3, -0.25) is 9.78 Å². The van der Waals surface area contributed by atoms with E-state index in [1.165, 1.54) is 7.05 Å². The number of carbonyl (C=O) groups excluding carboxylic acids is 1. The number of nitrogens with one attached hydrogen (secondary N) is 2. The van der Waals surface area contributed by atoms with Gasteiger partial charge in [-0.25, -0.2) is 0 Å². The molecule has 2 rings (SSSR count). The van der Waals surface area contributed by atoms with Gasteiger partial charge in [0, 0.05) is 17.7 Å². The highest BCUT2D eigenvalue weighted by molar-refractivity contribution is 9.10. The van der Waals surface area contributed by atoms with E-state index < -0.39 is 23.6 Å². The average molecular weight is 432 g/mol. The van der Waals surface area contributed by atoms with Gasteiger partial charge in [0.15, 0.2) is 5.11 Å². The van der Waals surface area contributed by atoms with Crippen LogP contribution in [0.5, 0.6) is 0 Å². The van der Waals surface area contributed by atoms with Crippen LogP contribution >= 0.6 is 28.1 Å². The number of aromatic nitrogens is 1. The van der Waals surface area contributed by atoms with Crippen LogP contribution in [-0.2, 0) is 11.0 Å². The van der Waals surface area contributed by atoms with Crippen molar-refractivity contribution in [3.8, 4) is 0 Å². The Morgan fingerprint density at radius 3 is 2.60 bits per heavy atom. The third-order valence-corrected chi connectivity index (χ3v) is 4.11. The van der Waals surface area contributed by atoms with Crippen molar-refractivity contribution in [1.82, 2.24) is 15.6 Å². The van der Waals surface area contributed by atoms with Gasteiger partial charge in [0.25, 0.3) is 0 Å². The molecule has 25 heavy (non-hydrogen) atoms. The van der Waals surface area contributed by atoms with E-state index in [0.717, 1.165) is 18.3 Å². The summed E-state index contributed by atoms with van der Waals surface area (Å²) in [7, 11) is 1.53. The van der Waals surface area contributed by atoms with Crippen LogP contribution in [0.2, 0.25) is 0 Å². The fourth-order valence-corrected chi connectivity index (χ4v) is 2.69. The zero-order chi connectivity index (χ0) is 18.6.